The van der Waals surface area contributed by atoms with Gasteiger partial charge in [-0.05, 0) is 17.8 Å². The largest absolute Gasteiger partial charge is 0.374 e. The third-order valence-corrected chi connectivity index (χ3v) is 5.01. The van der Waals surface area contributed by atoms with Gasteiger partial charge in [-0.1, -0.05) is 53.3 Å². The van der Waals surface area contributed by atoms with Gasteiger partial charge in [-0.3, -0.25) is 4.79 Å². The second-order valence-corrected chi connectivity index (χ2v) is 6.39. The van der Waals surface area contributed by atoms with E-state index in [0.717, 1.165) is 37.6 Å². The molecule has 0 bridgehead atoms. The van der Waals surface area contributed by atoms with Crippen LogP contribution in [0.5, 0.6) is 0 Å². The molecular weight excluding hydrogens is 318 g/mol. The zero-order valence-electron chi connectivity index (χ0n) is 12.0. The fourth-order valence-electron chi connectivity index (χ4n) is 2.33. The number of anilines is 1. The molecule has 0 saturated carbocycles. The molecule has 4 nitrogen and oxygen atoms in total. The van der Waals surface area contributed by atoms with Crippen LogP contribution in [0, 0.1) is 0 Å². The average Bonchev–Trinajstić information content (AvgIpc) is 2.95. The van der Waals surface area contributed by atoms with Crippen molar-refractivity contribution in [2.75, 3.05) is 31.1 Å². The number of nitrogens with zero attached hydrogens (tertiary/aromatic N) is 3. The standard InChI is InChI=1S/C16H16ClN3OS/c17-15-14(12-21)22-16(18-15)20-10-8-19(9-11-20)7-6-13-4-2-1-3-5-13/h1-7,12H,8-11H2/b7-6+. The molecule has 0 spiro atoms. The van der Waals surface area contributed by atoms with Crippen molar-refractivity contribution in [2.45, 2.75) is 0 Å². The Morgan fingerprint density at radius 2 is 1.86 bits per heavy atom. The van der Waals surface area contributed by atoms with Crippen LogP contribution in [-0.4, -0.2) is 42.3 Å². The normalized spacial score (nSPS) is 15.5. The van der Waals surface area contributed by atoms with Gasteiger partial charge in [0.15, 0.2) is 16.6 Å². The summed E-state index contributed by atoms with van der Waals surface area (Å²) in [5.74, 6) is 0. The predicted molar refractivity (Wildman–Crippen MR) is 91.8 cm³/mol. The Labute approximate surface area is 138 Å². The molecule has 1 aliphatic heterocycles. The Kier molecular flexibility index (Phi) is 4.75. The van der Waals surface area contributed by atoms with Crippen molar-refractivity contribution in [3.05, 3.63) is 52.1 Å². The maximum atomic E-state index is 10.8. The number of carbonyl (C=O) groups is 1. The molecule has 0 amide bonds. The van der Waals surface area contributed by atoms with Gasteiger partial charge < -0.3 is 9.80 Å². The summed E-state index contributed by atoms with van der Waals surface area (Å²) >= 11 is 7.29. The van der Waals surface area contributed by atoms with E-state index < -0.39 is 0 Å². The highest BCUT2D eigenvalue weighted by molar-refractivity contribution is 7.17. The highest BCUT2D eigenvalue weighted by atomic mass is 35.5. The molecule has 0 N–H and O–H groups in total. The summed E-state index contributed by atoms with van der Waals surface area (Å²) in [6.07, 6.45) is 5.03. The first-order valence-electron chi connectivity index (χ1n) is 7.10. The summed E-state index contributed by atoms with van der Waals surface area (Å²) in [6.45, 7) is 3.61. The Balaban J connectivity index is 1.58. The summed E-state index contributed by atoms with van der Waals surface area (Å²) in [5, 5.41) is 1.14. The van der Waals surface area contributed by atoms with E-state index in [0.29, 0.717) is 10.0 Å². The van der Waals surface area contributed by atoms with Crippen LogP contribution in [0.2, 0.25) is 5.15 Å². The zero-order valence-corrected chi connectivity index (χ0v) is 13.6. The molecule has 0 aliphatic carbocycles. The van der Waals surface area contributed by atoms with E-state index in [1.807, 2.05) is 18.2 Å². The first-order valence-corrected chi connectivity index (χ1v) is 8.29. The smallest absolute Gasteiger partial charge is 0.187 e. The van der Waals surface area contributed by atoms with Crippen molar-refractivity contribution in [1.82, 2.24) is 9.88 Å². The minimum absolute atomic E-state index is 0.307. The van der Waals surface area contributed by atoms with Crippen molar-refractivity contribution >= 4 is 40.4 Å². The minimum atomic E-state index is 0.307. The molecule has 0 atom stereocenters. The van der Waals surface area contributed by atoms with Gasteiger partial charge in [-0.25, -0.2) is 4.98 Å². The molecular formula is C16H16ClN3OS. The maximum absolute atomic E-state index is 10.8. The van der Waals surface area contributed by atoms with Crippen LogP contribution in [0.3, 0.4) is 0 Å². The number of piperazine rings is 1. The number of hydrogen-bond acceptors (Lipinski definition) is 5. The highest BCUT2D eigenvalue weighted by Gasteiger charge is 2.19. The van der Waals surface area contributed by atoms with Gasteiger partial charge in [0.2, 0.25) is 0 Å². The summed E-state index contributed by atoms with van der Waals surface area (Å²) < 4.78 is 0. The molecule has 2 heterocycles. The van der Waals surface area contributed by atoms with Crippen LogP contribution in [0.25, 0.3) is 6.08 Å². The lowest BCUT2D eigenvalue weighted by Crippen LogP contribution is -2.44. The SMILES string of the molecule is O=Cc1sc(N2CCN(/C=C/c3ccccc3)CC2)nc1Cl. The molecule has 1 aliphatic rings. The van der Waals surface area contributed by atoms with Crippen LogP contribution in [-0.2, 0) is 0 Å². The summed E-state index contributed by atoms with van der Waals surface area (Å²) in [4.78, 5) is 20.1. The van der Waals surface area contributed by atoms with Crippen LogP contribution in [0.4, 0.5) is 5.13 Å². The molecule has 1 aromatic carbocycles. The lowest BCUT2D eigenvalue weighted by molar-refractivity contribution is 0.112. The number of carbonyl (C=O) groups excluding carboxylic acids is 1. The van der Waals surface area contributed by atoms with Gasteiger partial charge >= 0.3 is 0 Å². The number of aldehydes is 1. The van der Waals surface area contributed by atoms with E-state index in [9.17, 15) is 4.79 Å². The number of benzene rings is 1. The number of aromatic nitrogens is 1. The van der Waals surface area contributed by atoms with Crippen LogP contribution < -0.4 is 4.90 Å². The third-order valence-electron chi connectivity index (χ3n) is 3.57. The van der Waals surface area contributed by atoms with Gasteiger partial charge in [0.05, 0.1) is 0 Å². The fraction of sp³-hybridized carbons (Fsp3) is 0.250. The Bertz CT molecular complexity index is 663. The highest BCUT2D eigenvalue weighted by Crippen LogP contribution is 2.28. The number of hydrogen-bond donors (Lipinski definition) is 0. The molecule has 1 aromatic heterocycles. The van der Waals surface area contributed by atoms with Crippen molar-refractivity contribution in [2.24, 2.45) is 0 Å². The quantitative estimate of drug-likeness (QED) is 0.803. The van der Waals surface area contributed by atoms with Crippen LogP contribution >= 0.6 is 22.9 Å². The summed E-state index contributed by atoms with van der Waals surface area (Å²) in [6, 6.07) is 10.3. The lowest BCUT2D eigenvalue weighted by Gasteiger charge is -2.33. The number of halogens is 1. The minimum Gasteiger partial charge on any atom is -0.374 e. The van der Waals surface area contributed by atoms with Gasteiger partial charge in [-0.15, -0.1) is 0 Å². The monoisotopic (exact) mass is 333 g/mol. The predicted octanol–water partition coefficient (Wildman–Crippen LogP) is 3.40. The van der Waals surface area contributed by atoms with E-state index in [2.05, 4.69) is 39.2 Å². The van der Waals surface area contributed by atoms with E-state index in [1.165, 1.54) is 16.9 Å². The second-order valence-electron chi connectivity index (χ2n) is 5.02. The average molecular weight is 334 g/mol. The molecule has 6 heteroatoms. The van der Waals surface area contributed by atoms with Crippen molar-refractivity contribution < 1.29 is 4.79 Å². The van der Waals surface area contributed by atoms with E-state index in [1.54, 1.807) is 0 Å². The van der Waals surface area contributed by atoms with Crippen LogP contribution in [0.1, 0.15) is 15.2 Å². The van der Waals surface area contributed by atoms with E-state index in [-0.39, 0.29) is 0 Å². The zero-order chi connectivity index (χ0) is 15.4. The van der Waals surface area contributed by atoms with Crippen molar-refractivity contribution in [3.8, 4) is 0 Å². The fourth-order valence-corrected chi connectivity index (χ4v) is 3.44. The lowest BCUT2D eigenvalue weighted by atomic mass is 10.2. The molecule has 0 unspecified atom stereocenters. The number of rotatable bonds is 4. The van der Waals surface area contributed by atoms with Crippen LogP contribution in [0.15, 0.2) is 36.5 Å². The maximum Gasteiger partial charge on any atom is 0.187 e. The third kappa shape index (κ3) is 3.48. The first-order chi connectivity index (χ1) is 10.8. The Morgan fingerprint density at radius 3 is 2.50 bits per heavy atom. The van der Waals surface area contributed by atoms with Crippen molar-refractivity contribution in [1.29, 1.82) is 0 Å². The molecule has 1 fully saturated rings. The summed E-state index contributed by atoms with van der Waals surface area (Å²) in [5.41, 5.74) is 1.20. The summed E-state index contributed by atoms with van der Waals surface area (Å²) in [7, 11) is 0. The van der Waals surface area contributed by atoms with E-state index >= 15 is 0 Å². The van der Waals surface area contributed by atoms with Gasteiger partial charge in [0.25, 0.3) is 0 Å². The molecule has 2 aromatic rings. The molecule has 22 heavy (non-hydrogen) atoms. The molecule has 3 rings (SSSR count). The van der Waals surface area contributed by atoms with Gasteiger partial charge in [0.1, 0.15) is 4.88 Å². The Hall–Kier alpha value is -1.85. The second kappa shape index (κ2) is 6.94. The topological polar surface area (TPSA) is 36.4 Å². The molecule has 114 valence electrons. The number of thiazole rings is 1. The molecule has 0 radical (unpaired) electrons. The van der Waals surface area contributed by atoms with E-state index in [4.69, 9.17) is 11.6 Å². The first kappa shape index (κ1) is 15.1. The Morgan fingerprint density at radius 1 is 1.14 bits per heavy atom. The van der Waals surface area contributed by atoms with Gasteiger partial charge in [-0.2, -0.15) is 0 Å². The van der Waals surface area contributed by atoms with Gasteiger partial charge in [0, 0.05) is 26.2 Å². The molecule has 1 saturated heterocycles. The van der Waals surface area contributed by atoms with Crippen molar-refractivity contribution in [3.63, 3.8) is 0 Å².